The third-order valence-electron chi connectivity index (χ3n) is 3.16. The Morgan fingerprint density at radius 2 is 1.94 bits per heavy atom. The number of anilines is 1. The van der Waals surface area contributed by atoms with Crippen LogP contribution in [0.1, 0.15) is 39.0 Å². The predicted molar refractivity (Wildman–Crippen MR) is 72.7 cm³/mol. The lowest BCUT2D eigenvalue weighted by Gasteiger charge is -2.08. The highest BCUT2D eigenvalue weighted by Crippen LogP contribution is 2.29. The second-order valence-electron chi connectivity index (χ2n) is 4.90. The number of nitrogens with one attached hydrogen (secondary N) is 1. The molecule has 0 atom stereocenters. The first-order chi connectivity index (χ1) is 8.38. The zero-order chi connectivity index (χ0) is 11.9. The molecule has 1 aliphatic rings. The fourth-order valence-electron chi connectivity index (χ4n) is 1.80. The van der Waals surface area contributed by atoms with E-state index in [0.717, 1.165) is 31.2 Å². The van der Waals surface area contributed by atoms with Gasteiger partial charge in [-0.25, -0.2) is 0 Å². The van der Waals surface area contributed by atoms with E-state index in [0.29, 0.717) is 0 Å². The molecule has 1 saturated carbocycles. The molecule has 0 bridgehead atoms. The van der Waals surface area contributed by atoms with E-state index in [1.165, 1.54) is 31.4 Å². The van der Waals surface area contributed by atoms with Crippen LogP contribution in [0.5, 0.6) is 5.75 Å². The third-order valence-corrected chi connectivity index (χ3v) is 3.16. The predicted octanol–water partition coefficient (Wildman–Crippen LogP) is 4.08. The standard InChI is InChI=1S/C15H23NO/c1-2-3-4-11-17-15-9-7-14(8-10-15)16-12-13-5-6-13/h7-10,13,16H,2-6,11-12H2,1H3. The zero-order valence-electron chi connectivity index (χ0n) is 10.7. The number of unbranched alkanes of at least 4 members (excludes halogenated alkanes) is 2. The summed E-state index contributed by atoms with van der Waals surface area (Å²) < 4.78 is 5.67. The van der Waals surface area contributed by atoms with E-state index in [2.05, 4.69) is 36.5 Å². The normalized spacial score (nSPS) is 14.6. The Morgan fingerprint density at radius 1 is 1.18 bits per heavy atom. The topological polar surface area (TPSA) is 21.3 Å². The molecule has 1 N–H and O–H groups in total. The van der Waals surface area contributed by atoms with Crippen molar-refractivity contribution < 1.29 is 4.74 Å². The highest BCUT2D eigenvalue weighted by Gasteiger charge is 2.20. The van der Waals surface area contributed by atoms with Gasteiger partial charge in [-0.1, -0.05) is 19.8 Å². The first-order valence-electron chi connectivity index (χ1n) is 6.85. The van der Waals surface area contributed by atoms with Crippen molar-refractivity contribution in [2.45, 2.75) is 39.0 Å². The molecule has 0 saturated heterocycles. The summed E-state index contributed by atoms with van der Waals surface area (Å²) >= 11 is 0. The van der Waals surface area contributed by atoms with E-state index in [9.17, 15) is 0 Å². The van der Waals surface area contributed by atoms with E-state index < -0.39 is 0 Å². The van der Waals surface area contributed by atoms with Gasteiger partial charge in [-0.3, -0.25) is 0 Å². The average Bonchev–Trinajstić information content (AvgIpc) is 3.18. The number of benzene rings is 1. The van der Waals surface area contributed by atoms with E-state index in [1.807, 2.05) is 0 Å². The molecule has 94 valence electrons. The van der Waals surface area contributed by atoms with Gasteiger partial charge < -0.3 is 10.1 Å². The van der Waals surface area contributed by atoms with Crippen molar-refractivity contribution in [2.24, 2.45) is 5.92 Å². The van der Waals surface area contributed by atoms with Crippen LogP contribution >= 0.6 is 0 Å². The molecule has 0 aromatic heterocycles. The van der Waals surface area contributed by atoms with Gasteiger partial charge in [-0.05, 0) is 49.4 Å². The van der Waals surface area contributed by atoms with Crippen LogP contribution in [0.15, 0.2) is 24.3 Å². The molecule has 0 radical (unpaired) electrons. The quantitative estimate of drug-likeness (QED) is 0.683. The van der Waals surface area contributed by atoms with Crippen LogP contribution in [0.3, 0.4) is 0 Å². The highest BCUT2D eigenvalue weighted by molar-refractivity contribution is 5.46. The lowest BCUT2D eigenvalue weighted by Crippen LogP contribution is -2.03. The molecule has 2 heteroatoms. The fourth-order valence-corrected chi connectivity index (χ4v) is 1.80. The number of ether oxygens (including phenoxy) is 1. The Kier molecular flexibility index (Phi) is 4.72. The summed E-state index contributed by atoms with van der Waals surface area (Å²) in [5.74, 6) is 1.90. The first kappa shape index (κ1) is 12.3. The molecule has 1 aromatic carbocycles. The number of rotatable bonds is 8. The molecular formula is C15H23NO. The van der Waals surface area contributed by atoms with E-state index in [1.54, 1.807) is 0 Å². The minimum absolute atomic E-state index is 0.836. The van der Waals surface area contributed by atoms with Crippen LogP contribution in [-0.2, 0) is 0 Å². The van der Waals surface area contributed by atoms with Crippen molar-refractivity contribution >= 4 is 5.69 Å². The van der Waals surface area contributed by atoms with Crippen LogP contribution in [0, 0.1) is 5.92 Å². The second kappa shape index (κ2) is 6.53. The van der Waals surface area contributed by atoms with E-state index >= 15 is 0 Å². The molecule has 0 unspecified atom stereocenters. The van der Waals surface area contributed by atoms with Crippen LogP contribution in [0.2, 0.25) is 0 Å². The molecule has 2 rings (SSSR count). The Hall–Kier alpha value is -1.18. The van der Waals surface area contributed by atoms with Crippen molar-refractivity contribution in [1.82, 2.24) is 0 Å². The summed E-state index contributed by atoms with van der Waals surface area (Å²) in [6, 6.07) is 8.33. The van der Waals surface area contributed by atoms with Gasteiger partial charge >= 0.3 is 0 Å². The average molecular weight is 233 g/mol. The molecule has 0 aliphatic heterocycles. The summed E-state index contributed by atoms with van der Waals surface area (Å²) in [5, 5.41) is 3.45. The van der Waals surface area contributed by atoms with Gasteiger partial charge in [0.2, 0.25) is 0 Å². The Balaban J connectivity index is 1.68. The molecule has 1 fully saturated rings. The van der Waals surface area contributed by atoms with Gasteiger partial charge in [0.1, 0.15) is 5.75 Å². The summed E-state index contributed by atoms with van der Waals surface area (Å²) in [4.78, 5) is 0. The minimum atomic E-state index is 0.836. The Morgan fingerprint density at radius 3 is 2.59 bits per heavy atom. The summed E-state index contributed by atoms with van der Waals surface area (Å²) in [5.41, 5.74) is 1.21. The largest absolute Gasteiger partial charge is 0.494 e. The molecule has 1 aromatic rings. The molecule has 0 heterocycles. The maximum absolute atomic E-state index is 5.67. The summed E-state index contributed by atoms with van der Waals surface area (Å²) in [6.07, 6.45) is 6.43. The molecule has 17 heavy (non-hydrogen) atoms. The van der Waals surface area contributed by atoms with Gasteiger partial charge in [-0.2, -0.15) is 0 Å². The summed E-state index contributed by atoms with van der Waals surface area (Å²) in [6.45, 7) is 4.17. The second-order valence-corrected chi connectivity index (χ2v) is 4.90. The van der Waals surface area contributed by atoms with Crippen molar-refractivity contribution in [1.29, 1.82) is 0 Å². The maximum Gasteiger partial charge on any atom is 0.119 e. The van der Waals surface area contributed by atoms with Crippen LogP contribution in [-0.4, -0.2) is 13.2 Å². The van der Waals surface area contributed by atoms with Gasteiger partial charge in [0.05, 0.1) is 6.61 Å². The Labute approximate surface area is 104 Å². The van der Waals surface area contributed by atoms with Crippen LogP contribution in [0.4, 0.5) is 5.69 Å². The third kappa shape index (κ3) is 4.68. The first-order valence-corrected chi connectivity index (χ1v) is 6.85. The maximum atomic E-state index is 5.67. The number of hydrogen-bond acceptors (Lipinski definition) is 2. The minimum Gasteiger partial charge on any atom is -0.494 e. The number of hydrogen-bond donors (Lipinski definition) is 1. The highest BCUT2D eigenvalue weighted by atomic mass is 16.5. The van der Waals surface area contributed by atoms with Gasteiger partial charge in [0.25, 0.3) is 0 Å². The van der Waals surface area contributed by atoms with Crippen molar-refractivity contribution in [3.05, 3.63) is 24.3 Å². The van der Waals surface area contributed by atoms with Gasteiger partial charge in [0.15, 0.2) is 0 Å². The monoisotopic (exact) mass is 233 g/mol. The van der Waals surface area contributed by atoms with E-state index in [4.69, 9.17) is 4.74 Å². The lowest BCUT2D eigenvalue weighted by molar-refractivity contribution is 0.306. The summed E-state index contributed by atoms with van der Waals surface area (Å²) in [7, 11) is 0. The molecule has 0 amide bonds. The van der Waals surface area contributed by atoms with Crippen molar-refractivity contribution in [2.75, 3.05) is 18.5 Å². The SMILES string of the molecule is CCCCCOc1ccc(NCC2CC2)cc1. The molecular weight excluding hydrogens is 210 g/mol. The van der Waals surface area contributed by atoms with E-state index in [-0.39, 0.29) is 0 Å². The lowest BCUT2D eigenvalue weighted by atomic mass is 10.2. The molecule has 2 nitrogen and oxygen atoms in total. The molecule has 1 aliphatic carbocycles. The molecule has 0 spiro atoms. The Bertz CT molecular complexity index is 316. The fraction of sp³-hybridized carbons (Fsp3) is 0.600. The van der Waals surface area contributed by atoms with Crippen LogP contribution < -0.4 is 10.1 Å². The zero-order valence-corrected chi connectivity index (χ0v) is 10.7. The van der Waals surface area contributed by atoms with Crippen molar-refractivity contribution in [3.8, 4) is 5.75 Å². The van der Waals surface area contributed by atoms with Crippen molar-refractivity contribution in [3.63, 3.8) is 0 Å². The van der Waals surface area contributed by atoms with Gasteiger partial charge in [0, 0.05) is 12.2 Å². The smallest absolute Gasteiger partial charge is 0.119 e. The van der Waals surface area contributed by atoms with Gasteiger partial charge in [-0.15, -0.1) is 0 Å². The van der Waals surface area contributed by atoms with Crippen LogP contribution in [0.25, 0.3) is 0 Å².